The van der Waals surface area contributed by atoms with Crippen molar-refractivity contribution < 1.29 is 19.4 Å². The van der Waals surface area contributed by atoms with Crippen molar-refractivity contribution in [3.8, 4) is 20.2 Å². The zero-order valence-corrected chi connectivity index (χ0v) is 23.1. The van der Waals surface area contributed by atoms with Gasteiger partial charge in [-0.15, -0.1) is 22.7 Å². The summed E-state index contributed by atoms with van der Waals surface area (Å²) in [5.41, 5.74) is 3.64. The summed E-state index contributed by atoms with van der Waals surface area (Å²) < 4.78 is 12.4. The van der Waals surface area contributed by atoms with E-state index in [2.05, 4.69) is 21.8 Å². The molecule has 0 radical (unpaired) electrons. The fraction of sp³-hybridized carbons (Fsp3) is 0.207. The maximum absolute atomic E-state index is 12.7. The van der Waals surface area contributed by atoms with Gasteiger partial charge in [0.05, 0.1) is 26.6 Å². The monoisotopic (exact) mass is 560 g/mol. The second-order valence-electron chi connectivity index (χ2n) is 9.47. The molecule has 38 heavy (non-hydrogen) atoms. The molecule has 0 aliphatic heterocycles. The van der Waals surface area contributed by atoms with Crippen molar-refractivity contribution in [3.05, 3.63) is 83.6 Å². The quantitative estimate of drug-likeness (QED) is 0.208. The molecule has 0 bridgehead atoms. The molecule has 0 saturated heterocycles. The van der Waals surface area contributed by atoms with Crippen molar-refractivity contribution in [3.63, 3.8) is 0 Å². The maximum atomic E-state index is 12.7. The number of ether oxygens (including phenoxy) is 1. The van der Waals surface area contributed by atoms with Gasteiger partial charge in [0.1, 0.15) is 6.10 Å². The fourth-order valence-corrected chi connectivity index (χ4v) is 7.91. The molecule has 3 heterocycles. The van der Waals surface area contributed by atoms with E-state index >= 15 is 0 Å². The summed E-state index contributed by atoms with van der Waals surface area (Å²) in [7, 11) is 0. The van der Waals surface area contributed by atoms with E-state index in [4.69, 9.17) is 4.74 Å². The number of fused-ring (bicyclic) bond motifs is 1. The molecule has 1 atom stereocenters. The van der Waals surface area contributed by atoms with Crippen molar-refractivity contribution in [2.24, 2.45) is 0 Å². The van der Waals surface area contributed by atoms with Crippen molar-refractivity contribution in [2.75, 3.05) is 5.32 Å². The fourth-order valence-electron chi connectivity index (χ4n) is 4.56. The standard InChI is InChI=1S/C29H24N2O4S3/c1-16-25(30-28(34)35-17(2)18-6-4-3-5-7-18)26(38-31-16)24-15-23-22(37-24)14-21(36-23)19-8-10-20(11-9-19)29(12-13-29)27(32)33/h3-11,14-15,17H,12-13H2,1-2H3,(H,30,34)(H,32,33). The average molecular weight is 561 g/mol. The van der Waals surface area contributed by atoms with E-state index in [1.165, 1.54) is 11.5 Å². The normalized spacial score (nSPS) is 14.8. The molecule has 1 aliphatic rings. The van der Waals surface area contributed by atoms with Gasteiger partial charge in [0.25, 0.3) is 0 Å². The van der Waals surface area contributed by atoms with Gasteiger partial charge in [-0.2, -0.15) is 4.37 Å². The minimum absolute atomic E-state index is 0.370. The number of benzene rings is 2. The first-order chi connectivity index (χ1) is 18.3. The Kier molecular flexibility index (Phi) is 6.29. The Morgan fingerprint density at radius 1 is 1.00 bits per heavy atom. The van der Waals surface area contributed by atoms with Gasteiger partial charge in [-0.3, -0.25) is 10.1 Å². The number of nitrogens with zero attached hydrogens (tertiary/aromatic N) is 1. The molecular weight excluding hydrogens is 537 g/mol. The molecule has 1 fully saturated rings. The lowest BCUT2D eigenvalue weighted by molar-refractivity contribution is -0.140. The Hall–Kier alpha value is -3.53. The molecule has 1 saturated carbocycles. The minimum Gasteiger partial charge on any atom is -0.481 e. The van der Waals surface area contributed by atoms with Crippen LogP contribution in [0.15, 0.2) is 66.7 Å². The third-order valence-electron chi connectivity index (χ3n) is 6.95. The number of aromatic nitrogens is 1. The molecule has 1 amide bonds. The van der Waals surface area contributed by atoms with E-state index in [1.807, 2.05) is 68.4 Å². The van der Waals surface area contributed by atoms with Crippen molar-refractivity contribution in [1.29, 1.82) is 0 Å². The summed E-state index contributed by atoms with van der Waals surface area (Å²) in [6, 6.07) is 21.9. The van der Waals surface area contributed by atoms with E-state index in [1.54, 1.807) is 22.7 Å². The van der Waals surface area contributed by atoms with E-state index in [0.717, 1.165) is 46.4 Å². The van der Waals surface area contributed by atoms with Crippen LogP contribution in [0.2, 0.25) is 0 Å². The molecule has 2 aromatic carbocycles. The van der Waals surface area contributed by atoms with E-state index < -0.39 is 17.5 Å². The molecule has 0 spiro atoms. The third kappa shape index (κ3) is 4.51. The Morgan fingerprint density at radius 2 is 1.66 bits per heavy atom. The summed E-state index contributed by atoms with van der Waals surface area (Å²) in [5, 5.41) is 12.5. The highest BCUT2D eigenvalue weighted by Crippen LogP contribution is 2.49. The SMILES string of the molecule is Cc1nsc(-c2cc3sc(-c4ccc(C5(C(=O)O)CC5)cc4)cc3s2)c1NC(=O)OC(C)c1ccccc1. The largest absolute Gasteiger partial charge is 0.481 e. The number of hydrogen-bond donors (Lipinski definition) is 2. The number of carbonyl (C=O) groups is 2. The summed E-state index contributed by atoms with van der Waals surface area (Å²) >= 11 is 4.73. The third-order valence-corrected chi connectivity index (χ3v) is 10.4. The summed E-state index contributed by atoms with van der Waals surface area (Å²) in [5.74, 6) is -0.736. The molecule has 5 aromatic rings. The predicted octanol–water partition coefficient (Wildman–Crippen LogP) is 8.49. The number of carboxylic acid groups (broad SMARTS) is 1. The molecule has 1 aliphatic carbocycles. The van der Waals surface area contributed by atoms with Crippen molar-refractivity contribution in [1.82, 2.24) is 4.37 Å². The highest BCUT2D eigenvalue weighted by molar-refractivity contribution is 7.32. The second-order valence-corrected chi connectivity index (χ2v) is 12.4. The Balaban J connectivity index is 1.20. The Bertz CT molecular complexity index is 1610. The minimum atomic E-state index is -0.736. The molecule has 9 heteroatoms. The number of anilines is 1. The van der Waals surface area contributed by atoms with E-state index in [9.17, 15) is 14.7 Å². The summed E-state index contributed by atoms with van der Waals surface area (Å²) in [6.45, 7) is 3.73. The molecular formula is C29H24N2O4S3. The smallest absolute Gasteiger partial charge is 0.412 e. The van der Waals surface area contributed by atoms with Crippen LogP contribution in [0.25, 0.3) is 29.6 Å². The lowest BCUT2D eigenvalue weighted by Gasteiger charge is -2.14. The first-order valence-corrected chi connectivity index (χ1v) is 14.6. The van der Waals surface area contributed by atoms with Crippen LogP contribution in [-0.4, -0.2) is 21.5 Å². The van der Waals surface area contributed by atoms with Crippen LogP contribution in [0.4, 0.5) is 10.5 Å². The highest BCUT2D eigenvalue weighted by Gasteiger charge is 2.51. The molecule has 1 unspecified atom stereocenters. The molecule has 2 N–H and O–H groups in total. The number of rotatable bonds is 7. The molecule has 192 valence electrons. The number of amides is 1. The summed E-state index contributed by atoms with van der Waals surface area (Å²) in [6.07, 6.45) is 0.532. The van der Waals surface area contributed by atoms with Crippen LogP contribution in [0.1, 0.15) is 42.7 Å². The van der Waals surface area contributed by atoms with Gasteiger partial charge in [0, 0.05) is 14.3 Å². The summed E-state index contributed by atoms with van der Waals surface area (Å²) in [4.78, 5) is 27.4. The van der Waals surface area contributed by atoms with E-state index in [-0.39, 0.29) is 6.10 Å². The predicted molar refractivity (Wildman–Crippen MR) is 154 cm³/mol. The van der Waals surface area contributed by atoms with Gasteiger partial charge >= 0.3 is 12.1 Å². The maximum Gasteiger partial charge on any atom is 0.412 e. The number of hydrogen-bond acceptors (Lipinski definition) is 7. The van der Waals surface area contributed by atoms with Gasteiger partial charge in [-0.1, -0.05) is 54.6 Å². The van der Waals surface area contributed by atoms with Gasteiger partial charge in [0.2, 0.25) is 0 Å². The number of carboxylic acids is 1. The van der Waals surface area contributed by atoms with Gasteiger partial charge in [-0.05, 0) is 67.0 Å². The van der Waals surface area contributed by atoms with Crippen LogP contribution in [0, 0.1) is 6.92 Å². The van der Waals surface area contributed by atoms with Crippen LogP contribution in [-0.2, 0) is 14.9 Å². The number of aliphatic carboxylic acids is 1. The zero-order valence-electron chi connectivity index (χ0n) is 20.7. The molecule has 3 aromatic heterocycles. The lowest BCUT2D eigenvalue weighted by atomic mass is 9.95. The van der Waals surface area contributed by atoms with Gasteiger partial charge < -0.3 is 9.84 Å². The first-order valence-electron chi connectivity index (χ1n) is 12.2. The highest BCUT2D eigenvalue weighted by atomic mass is 32.1. The lowest BCUT2D eigenvalue weighted by Crippen LogP contribution is -2.19. The number of aryl methyl sites for hydroxylation is 1. The Labute approximate surface area is 231 Å². The van der Waals surface area contributed by atoms with Gasteiger partial charge in [-0.25, -0.2) is 4.79 Å². The zero-order chi connectivity index (χ0) is 26.4. The molecule has 6 rings (SSSR count). The van der Waals surface area contributed by atoms with Gasteiger partial charge in [0.15, 0.2) is 0 Å². The first kappa shape index (κ1) is 24.8. The number of carbonyl (C=O) groups excluding carboxylic acids is 1. The number of nitrogens with one attached hydrogen (secondary N) is 1. The topological polar surface area (TPSA) is 88.5 Å². The molecule has 6 nitrogen and oxygen atoms in total. The van der Waals surface area contributed by atoms with Crippen molar-refractivity contribution in [2.45, 2.75) is 38.2 Å². The van der Waals surface area contributed by atoms with Crippen LogP contribution < -0.4 is 5.32 Å². The van der Waals surface area contributed by atoms with E-state index in [0.29, 0.717) is 18.5 Å². The average Bonchev–Trinajstić information content (AvgIpc) is 3.34. The Morgan fingerprint density at radius 3 is 2.32 bits per heavy atom. The van der Waals surface area contributed by atoms with Crippen molar-refractivity contribution >= 4 is 61.4 Å². The van der Waals surface area contributed by atoms with Crippen LogP contribution in [0.3, 0.4) is 0 Å². The number of thiophene rings is 2. The van der Waals surface area contributed by atoms with Crippen LogP contribution >= 0.6 is 34.2 Å². The van der Waals surface area contributed by atoms with Crippen LogP contribution in [0.5, 0.6) is 0 Å². The second kappa shape index (κ2) is 9.65.